The lowest BCUT2D eigenvalue weighted by Crippen LogP contribution is -2.38. The van der Waals surface area contributed by atoms with E-state index in [9.17, 15) is 0 Å². The summed E-state index contributed by atoms with van der Waals surface area (Å²) in [5.41, 5.74) is 9.16. The highest BCUT2D eigenvalue weighted by Crippen LogP contribution is 2.37. The Morgan fingerprint density at radius 1 is 1.24 bits per heavy atom. The maximum absolute atomic E-state index is 4.59. The van der Waals surface area contributed by atoms with Crippen LogP contribution in [0.3, 0.4) is 0 Å². The van der Waals surface area contributed by atoms with Gasteiger partial charge >= 0.3 is 0 Å². The van der Waals surface area contributed by atoms with Crippen molar-refractivity contribution in [2.75, 3.05) is 13.1 Å². The van der Waals surface area contributed by atoms with Crippen LogP contribution in [0.25, 0.3) is 10.4 Å². The fraction of sp³-hybridized carbons (Fsp3) is 0.429. The van der Waals surface area contributed by atoms with Gasteiger partial charge in [-0.15, -0.1) is 11.3 Å². The number of aromatic nitrogens is 1. The van der Waals surface area contributed by atoms with Crippen LogP contribution in [0.15, 0.2) is 71.0 Å². The average molecular weight is 461 g/mol. The SMILES string of the molecule is C=C(NCc1ccc(-c2scnc2C)cc1)C1CC(C)CN1C(=C)C(C1=CC=NC1)C(C)C. The van der Waals surface area contributed by atoms with E-state index in [0.29, 0.717) is 17.8 Å². The molecule has 0 aliphatic carbocycles. The van der Waals surface area contributed by atoms with Crippen molar-refractivity contribution in [2.45, 2.75) is 46.7 Å². The first-order valence-electron chi connectivity index (χ1n) is 11.9. The van der Waals surface area contributed by atoms with Crippen LogP contribution in [0.2, 0.25) is 0 Å². The van der Waals surface area contributed by atoms with Crippen molar-refractivity contribution in [2.24, 2.45) is 22.7 Å². The number of hydrogen-bond acceptors (Lipinski definition) is 5. The number of aryl methyl sites for hydroxylation is 1. The van der Waals surface area contributed by atoms with Crippen LogP contribution >= 0.6 is 11.3 Å². The third-order valence-electron chi connectivity index (χ3n) is 6.86. The Hall–Kier alpha value is -2.66. The quantitative estimate of drug-likeness (QED) is 0.482. The number of rotatable bonds is 9. The number of aliphatic imine (C=N–C) groups is 1. The first-order chi connectivity index (χ1) is 15.8. The molecule has 3 heterocycles. The lowest BCUT2D eigenvalue weighted by atomic mass is 9.85. The van der Waals surface area contributed by atoms with E-state index in [4.69, 9.17) is 0 Å². The van der Waals surface area contributed by atoms with E-state index in [1.54, 1.807) is 11.3 Å². The van der Waals surface area contributed by atoms with E-state index >= 15 is 0 Å². The van der Waals surface area contributed by atoms with Crippen LogP contribution < -0.4 is 5.32 Å². The highest BCUT2D eigenvalue weighted by atomic mass is 32.1. The van der Waals surface area contributed by atoms with Crippen LogP contribution in [-0.2, 0) is 6.54 Å². The van der Waals surface area contributed by atoms with Gasteiger partial charge in [-0.25, -0.2) is 4.98 Å². The molecule has 1 saturated heterocycles. The zero-order chi connectivity index (χ0) is 23.5. The average Bonchev–Trinajstić information content (AvgIpc) is 3.54. The van der Waals surface area contributed by atoms with Gasteiger partial charge in [0.25, 0.3) is 0 Å². The minimum absolute atomic E-state index is 0.274. The van der Waals surface area contributed by atoms with Gasteiger partial charge in [-0.05, 0) is 48.0 Å². The zero-order valence-electron chi connectivity index (χ0n) is 20.3. The molecule has 2 aliphatic rings. The third-order valence-corrected chi connectivity index (χ3v) is 7.83. The fourth-order valence-corrected chi connectivity index (χ4v) is 5.96. The Kier molecular flexibility index (Phi) is 7.18. The van der Waals surface area contributed by atoms with Gasteiger partial charge < -0.3 is 10.2 Å². The van der Waals surface area contributed by atoms with E-state index < -0.39 is 0 Å². The van der Waals surface area contributed by atoms with Gasteiger partial charge in [0.1, 0.15) is 0 Å². The Labute approximate surface area is 202 Å². The summed E-state index contributed by atoms with van der Waals surface area (Å²) in [6, 6.07) is 9.05. The number of allylic oxidation sites excluding steroid dienone is 2. The summed E-state index contributed by atoms with van der Waals surface area (Å²) >= 11 is 1.69. The third kappa shape index (κ3) is 5.14. The Morgan fingerprint density at radius 3 is 2.61 bits per heavy atom. The fourth-order valence-electron chi connectivity index (χ4n) is 5.15. The molecule has 2 aromatic rings. The Bertz CT molecular complexity index is 1060. The van der Waals surface area contributed by atoms with Crippen molar-refractivity contribution in [3.8, 4) is 10.4 Å². The molecule has 1 aromatic carbocycles. The van der Waals surface area contributed by atoms with Crippen molar-refractivity contribution in [3.63, 3.8) is 0 Å². The predicted octanol–water partition coefficient (Wildman–Crippen LogP) is 6.23. The predicted molar refractivity (Wildman–Crippen MR) is 141 cm³/mol. The molecule has 0 spiro atoms. The minimum Gasteiger partial charge on any atom is -0.383 e. The summed E-state index contributed by atoms with van der Waals surface area (Å²) in [4.78, 5) is 12.5. The topological polar surface area (TPSA) is 40.5 Å². The minimum atomic E-state index is 0.274. The lowest BCUT2D eigenvalue weighted by molar-refractivity contribution is 0.285. The second kappa shape index (κ2) is 10.1. The maximum Gasteiger partial charge on any atom is 0.0801 e. The summed E-state index contributed by atoms with van der Waals surface area (Å²) < 4.78 is 0. The molecule has 4 nitrogen and oxygen atoms in total. The molecule has 4 rings (SSSR count). The highest BCUT2D eigenvalue weighted by Gasteiger charge is 2.36. The van der Waals surface area contributed by atoms with Gasteiger partial charge in [0.05, 0.1) is 28.7 Å². The highest BCUT2D eigenvalue weighted by molar-refractivity contribution is 7.13. The molecule has 5 heteroatoms. The summed E-state index contributed by atoms with van der Waals surface area (Å²) in [6.45, 7) is 20.6. The molecule has 33 heavy (non-hydrogen) atoms. The van der Waals surface area contributed by atoms with E-state index in [2.05, 4.69) is 91.4 Å². The molecule has 3 unspecified atom stereocenters. The number of likely N-dealkylation sites (tertiary alicyclic amines) is 1. The first kappa shape index (κ1) is 23.5. The van der Waals surface area contributed by atoms with Gasteiger partial charge in [-0.1, -0.05) is 58.2 Å². The van der Waals surface area contributed by atoms with Crippen LogP contribution in [0.5, 0.6) is 0 Å². The molecule has 1 fully saturated rings. The number of hydrogen-bond donors (Lipinski definition) is 1. The monoisotopic (exact) mass is 460 g/mol. The summed E-state index contributed by atoms with van der Waals surface area (Å²) in [7, 11) is 0. The van der Waals surface area contributed by atoms with Gasteiger partial charge in [0.2, 0.25) is 0 Å². The number of thiazole rings is 1. The van der Waals surface area contributed by atoms with Crippen LogP contribution in [-0.4, -0.2) is 35.2 Å². The second-order valence-electron chi connectivity index (χ2n) is 9.80. The molecule has 174 valence electrons. The molecule has 0 bridgehead atoms. The Morgan fingerprint density at radius 2 is 2.00 bits per heavy atom. The van der Waals surface area contributed by atoms with Crippen LogP contribution in [0, 0.1) is 24.7 Å². The van der Waals surface area contributed by atoms with E-state index in [1.165, 1.54) is 27.3 Å². The lowest BCUT2D eigenvalue weighted by Gasteiger charge is -2.36. The number of nitrogens with one attached hydrogen (secondary N) is 1. The normalized spacial score (nSPS) is 20.9. The standard InChI is InChI=1S/C28H36N4S/c1-18(2)27(25-11-12-29-15-25)22(6)32-16-19(3)13-26(32)20(4)30-14-23-7-9-24(10-8-23)28-21(5)31-17-33-28/h7-12,17-19,26-27,30H,4,6,13-16H2,1-3,5H3. The Balaban J connectivity index is 1.41. The molecular formula is C28H36N4S. The van der Waals surface area contributed by atoms with E-state index in [0.717, 1.165) is 37.4 Å². The molecule has 1 N–H and O–H groups in total. The van der Waals surface area contributed by atoms with E-state index in [1.807, 2.05) is 11.7 Å². The van der Waals surface area contributed by atoms with Crippen molar-refractivity contribution in [3.05, 3.63) is 77.2 Å². The van der Waals surface area contributed by atoms with Gasteiger partial charge in [0, 0.05) is 36.6 Å². The zero-order valence-corrected chi connectivity index (χ0v) is 21.2. The molecule has 0 amide bonds. The molecule has 0 saturated carbocycles. The maximum atomic E-state index is 4.59. The molecule has 3 atom stereocenters. The van der Waals surface area contributed by atoms with Crippen molar-refractivity contribution < 1.29 is 0 Å². The summed E-state index contributed by atoms with van der Waals surface area (Å²) in [5, 5.41) is 3.62. The molecule has 0 radical (unpaired) electrons. The van der Waals surface area contributed by atoms with Crippen molar-refractivity contribution in [1.29, 1.82) is 0 Å². The molecule has 2 aliphatic heterocycles. The summed E-state index contributed by atoms with van der Waals surface area (Å²) in [5.74, 6) is 1.44. The van der Waals surface area contributed by atoms with Crippen LogP contribution in [0.1, 0.15) is 38.4 Å². The van der Waals surface area contributed by atoms with Crippen molar-refractivity contribution in [1.82, 2.24) is 15.2 Å². The molecule has 1 aromatic heterocycles. The van der Waals surface area contributed by atoms with Gasteiger partial charge in [-0.2, -0.15) is 0 Å². The number of benzene rings is 1. The van der Waals surface area contributed by atoms with Crippen molar-refractivity contribution >= 4 is 17.6 Å². The largest absolute Gasteiger partial charge is 0.383 e. The van der Waals surface area contributed by atoms with E-state index in [-0.39, 0.29) is 6.04 Å². The smallest absolute Gasteiger partial charge is 0.0801 e. The van der Waals surface area contributed by atoms with Crippen LogP contribution in [0.4, 0.5) is 0 Å². The first-order valence-corrected chi connectivity index (χ1v) is 12.8. The second-order valence-corrected chi connectivity index (χ2v) is 10.7. The summed E-state index contributed by atoms with van der Waals surface area (Å²) in [6.07, 6.45) is 5.22. The number of nitrogens with zero attached hydrogens (tertiary/aromatic N) is 3. The van der Waals surface area contributed by atoms with Gasteiger partial charge in [-0.3, -0.25) is 4.99 Å². The molecular weight excluding hydrogens is 424 g/mol. The van der Waals surface area contributed by atoms with Gasteiger partial charge in [0.15, 0.2) is 0 Å².